The minimum absolute atomic E-state index is 0.0455. The molecule has 136 valence electrons. The Balaban J connectivity index is 1.82. The maximum atomic E-state index is 13.3. The monoisotopic (exact) mass is 366 g/mol. The number of benzene rings is 2. The lowest BCUT2D eigenvalue weighted by Crippen LogP contribution is -2.24. The highest BCUT2D eigenvalue weighted by molar-refractivity contribution is 6.05. The van der Waals surface area contributed by atoms with Gasteiger partial charge in [0.2, 0.25) is 5.91 Å². The summed E-state index contributed by atoms with van der Waals surface area (Å²) >= 11 is 0. The van der Waals surface area contributed by atoms with Gasteiger partial charge >= 0.3 is 6.18 Å². The molecule has 3 rings (SSSR count). The van der Waals surface area contributed by atoms with Crippen molar-refractivity contribution in [2.45, 2.75) is 19.0 Å². The van der Waals surface area contributed by atoms with Crippen molar-refractivity contribution in [1.29, 1.82) is 0 Å². The Kier molecular flexibility index (Phi) is 4.67. The summed E-state index contributed by atoms with van der Waals surface area (Å²) in [6.45, 7) is 0.552. The normalized spacial score (nSPS) is 14.6. The number of amides is 2. The number of carbonyl (C=O) groups excluding carboxylic acids is 2. The molecule has 1 saturated heterocycles. The second-order valence-corrected chi connectivity index (χ2v) is 5.85. The molecule has 0 radical (unpaired) electrons. The average molecular weight is 366 g/mol. The fraction of sp³-hybridized carbons (Fsp3) is 0.222. The number of nitrogens with one attached hydrogen (secondary N) is 1. The van der Waals surface area contributed by atoms with E-state index in [0.29, 0.717) is 30.8 Å². The molecular weight excluding hydrogens is 352 g/mol. The third-order valence-corrected chi connectivity index (χ3v) is 4.02. The number of nitrogens with zero attached hydrogens (tertiary/aromatic N) is 1. The third-order valence-electron chi connectivity index (χ3n) is 4.02. The smallest absolute Gasteiger partial charge is 0.322 e. The largest absolute Gasteiger partial charge is 0.419 e. The summed E-state index contributed by atoms with van der Waals surface area (Å²) < 4.78 is 51.6. The molecule has 0 atom stereocenters. The molecule has 4 nitrogen and oxygen atoms in total. The predicted octanol–water partition coefficient (Wildman–Crippen LogP) is 4.22. The molecule has 1 aliphatic heterocycles. The first kappa shape index (κ1) is 17.9. The lowest BCUT2D eigenvalue weighted by atomic mass is 10.1. The van der Waals surface area contributed by atoms with Gasteiger partial charge in [0, 0.05) is 29.9 Å². The number of halogens is 4. The van der Waals surface area contributed by atoms with Crippen LogP contribution in [0.3, 0.4) is 0 Å². The molecular formula is C18H14F4N2O2. The lowest BCUT2D eigenvalue weighted by molar-refractivity contribution is -0.139. The molecule has 0 aromatic heterocycles. The Morgan fingerprint density at radius 3 is 2.54 bits per heavy atom. The number of anilines is 2. The van der Waals surface area contributed by atoms with E-state index in [-0.39, 0.29) is 17.2 Å². The molecule has 1 heterocycles. The van der Waals surface area contributed by atoms with Crippen LogP contribution in [0.5, 0.6) is 0 Å². The van der Waals surface area contributed by atoms with Gasteiger partial charge in [-0.05, 0) is 42.8 Å². The fourth-order valence-corrected chi connectivity index (χ4v) is 2.76. The van der Waals surface area contributed by atoms with E-state index in [0.717, 1.165) is 12.5 Å². The maximum Gasteiger partial charge on any atom is 0.419 e. The van der Waals surface area contributed by atoms with Crippen LogP contribution in [0.25, 0.3) is 0 Å². The molecule has 0 saturated carbocycles. The minimum atomic E-state index is -4.86. The van der Waals surface area contributed by atoms with Crippen LogP contribution in [0.1, 0.15) is 28.8 Å². The van der Waals surface area contributed by atoms with Crippen molar-refractivity contribution in [2.24, 2.45) is 0 Å². The Hall–Kier alpha value is -2.90. The molecule has 2 aromatic carbocycles. The molecule has 0 aliphatic carbocycles. The molecule has 1 N–H and O–H groups in total. The van der Waals surface area contributed by atoms with E-state index in [1.165, 1.54) is 12.1 Å². The van der Waals surface area contributed by atoms with E-state index in [1.54, 1.807) is 17.0 Å². The van der Waals surface area contributed by atoms with E-state index in [9.17, 15) is 27.2 Å². The van der Waals surface area contributed by atoms with E-state index in [2.05, 4.69) is 5.32 Å². The SMILES string of the molecule is O=C(Nc1ccc(F)c(C(F)(F)F)c1)c1cccc(N2CCCC2=O)c1. The molecule has 8 heteroatoms. The van der Waals surface area contributed by atoms with Crippen molar-refractivity contribution in [3.8, 4) is 0 Å². The van der Waals surface area contributed by atoms with Crippen LogP contribution in [-0.4, -0.2) is 18.4 Å². The van der Waals surface area contributed by atoms with E-state index in [1.807, 2.05) is 0 Å². The van der Waals surface area contributed by atoms with Crippen LogP contribution in [0.2, 0.25) is 0 Å². The highest BCUT2D eigenvalue weighted by atomic mass is 19.4. The van der Waals surface area contributed by atoms with Gasteiger partial charge in [-0.25, -0.2) is 4.39 Å². The third kappa shape index (κ3) is 3.68. The summed E-state index contributed by atoms with van der Waals surface area (Å²) in [5.74, 6) is -2.11. The summed E-state index contributed by atoms with van der Waals surface area (Å²) in [5, 5.41) is 2.32. The van der Waals surface area contributed by atoms with Gasteiger partial charge in [0.1, 0.15) is 5.82 Å². The lowest BCUT2D eigenvalue weighted by Gasteiger charge is -2.16. The first-order valence-electron chi connectivity index (χ1n) is 7.84. The Morgan fingerprint density at radius 1 is 1.12 bits per heavy atom. The first-order valence-corrected chi connectivity index (χ1v) is 7.84. The van der Waals surface area contributed by atoms with Gasteiger partial charge in [-0.1, -0.05) is 6.07 Å². The summed E-state index contributed by atoms with van der Waals surface area (Å²) in [6.07, 6.45) is -3.70. The maximum absolute atomic E-state index is 13.3. The van der Waals surface area contributed by atoms with Crippen LogP contribution < -0.4 is 10.2 Å². The zero-order valence-corrected chi connectivity index (χ0v) is 13.4. The number of carbonyl (C=O) groups is 2. The highest BCUT2D eigenvalue weighted by Gasteiger charge is 2.34. The van der Waals surface area contributed by atoms with Crippen LogP contribution in [0.15, 0.2) is 42.5 Å². The van der Waals surface area contributed by atoms with Crippen LogP contribution in [0.4, 0.5) is 28.9 Å². The molecule has 0 unspecified atom stereocenters. The summed E-state index contributed by atoms with van der Waals surface area (Å²) in [5.41, 5.74) is -0.895. The van der Waals surface area contributed by atoms with E-state index >= 15 is 0 Å². The topological polar surface area (TPSA) is 49.4 Å². The average Bonchev–Trinajstić information content (AvgIpc) is 3.02. The van der Waals surface area contributed by atoms with Crippen LogP contribution in [0, 0.1) is 5.82 Å². The van der Waals surface area contributed by atoms with Gasteiger partial charge in [0.15, 0.2) is 0 Å². The number of alkyl halides is 3. The van der Waals surface area contributed by atoms with E-state index in [4.69, 9.17) is 0 Å². The predicted molar refractivity (Wildman–Crippen MR) is 87.4 cm³/mol. The summed E-state index contributed by atoms with van der Waals surface area (Å²) in [6, 6.07) is 8.48. The highest BCUT2D eigenvalue weighted by Crippen LogP contribution is 2.33. The number of hydrogen-bond acceptors (Lipinski definition) is 2. The van der Waals surface area contributed by atoms with Crippen molar-refractivity contribution >= 4 is 23.2 Å². The second kappa shape index (κ2) is 6.78. The summed E-state index contributed by atoms with van der Waals surface area (Å²) in [4.78, 5) is 25.7. The fourth-order valence-electron chi connectivity index (χ4n) is 2.76. The zero-order chi connectivity index (χ0) is 18.9. The standard InChI is InChI=1S/C18H14F4N2O2/c19-15-7-6-12(10-14(15)18(20,21)22)23-17(26)11-3-1-4-13(9-11)24-8-2-5-16(24)25/h1,3-4,6-7,9-10H,2,5,8H2,(H,23,26). The quantitative estimate of drug-likeness (QED) is 0.827. The van der Waals surface area contributed by atoms with Crippen molar-refractivity contribution in [3.05, 3.63) is 59.4 Å². The Bertz CT molecular complexity index is 865. The molecule has 26 heavy (non-hydrogen) atoms. The van der Waals surface area contributed by atoms with Crippen LogP contribution in [-0.2, 0) is 11.0 Å². The number of rotatable bonds is 3. The van der Waals surface area contributed by atoms with Gasteiger partial charge in [-0.15, -0.1) is 0 Å². The molecule has 0 bridgehead atoms. The zero-order valence-electron chi connectivity index (χ0n) is 13.4. The Morgan fingerprint density at radius 2 is 1.88 bits per heavy atom. The van der Waals surface area contributed by atoms with Gasteiger partial charge in [0.05, 0.1) is 5.56 Å². The Labute approximate surface area is 146 Å². The van der Waals surface area contributed by atoms with Gasteiger partial charge in [-0.3, -0.25) is 9.59 Å². The molecule has 1 fully saturated rings. The number of hydrogen-bond donors (Lipinski definition) is 1. The molecule has 0 spiro atoms. The molecule has 2 aromatic rings. The minimum Gasteiger partial charge on any atom is -0.322 e. The second-order valence-electron chi connectivity index (χ2n) is 5.85. The van der Waals surface area contributed by atoms with Gasteiger partial charge in [-0.2, -0.15) is 13.2 Å². The van der Waals surface area contributed by atoms with Gasteiger partial charge < -0.3 is 10.2 Å². The van der Waals surface area contributed by atoms with Crippen molar-refractivity contribution in [3.63, 3.8) is 0 Å². The van der Waals surface area contributed by atoms with Crippen LogP contribution >= 0.6 is 0 Å². The van der Waals surface area contributed by atoms with Crippen molar-refractivity contribution in [2.75, 3.05) is 16.8 Å². The summed E-state index contributed by atoms with van der Waals surface area (Å²) in [7, 11) is 0. The molecule has 1 aliphatic rings. The molecule has 2 amide bonds. The van der Waals surface area contributed by atoms with Crippen molar-refractivity contribution < 1.29 is 27.2 Å². The van der Waals surface area contributed by atoms with E-state index < -0.39 is 23.5 Å². The van der Waals surface area contributed by atoms with Gasteiger partial charge in [0.25, 0.3) is 5.91 Å². The first-order chi connectivity index (χ1) is 12.3. The van der Waals surface area contributed by atoms with Crippen molar-refractivity contribution in [1.82, 2.24) is 0 Å².